The zero-order chi connectivity index (χ0) is 13.0. The Hall–Kier alpha value is 0.531. The molecule has 0 aromatic rings. The number of rotatable bonds is 7. The van der Waals surface area contributed by atoms with E-state index in [2.05, 4.69) is 46.2 Å². The van der Waals surface area contributed by atoms with Crippen LogP contribution >= 0.6 is 0 Å². The van der Waals surface area contributed by atoms with E-state index in [0.717, 1.165) is 6.42 Å². The summed E-state index contributed by atoms with van der Waals surface area (Å²) in [5.74, 6) is 0.0354. The molecule has 0 saturated heterocycles. The second kappa shape index (κ2) is 6.46. The third-order valence-electron chi connectivity index (χ3n) is 1.99. The Balaban J connectivity index is 4.39. The molecule has 0 heterocycles. The van der Waals surface area contributed by atoms with E-state index in [4.69, 9.17) is 14.6 Å². The molecule has 16 heavy (non-hydrogen) atoms. The quantitative estimate of drug-likeness (QED) is 0.571. The highest BCUT2D eigenvalue weighted by Crippen LogP contribution is 2.14. The van der Waals surface area contributed by atoms with Crippen molar-refractivity contribution in [2.75, 3.05) is 0 Å². The third kappa shape index (κ3) is 9.74. The van der Waals surface area contributed by atoms with E-state index < -0.39 is 26.2 Å². The summed E-state index contributed by atoms with van der Waals surface area (Å²) in [6.07, 6.45) is 1.03. The highest BCUT2D eigenvalue weighted by molar-refractivity contribution is 6.71. The molecule has 0 amide bonds. The van der Waals surface area contributed by atoms with E-state index in [1.54, 1.807) is 0 Å². The monoisotopic (exact) mass is 279 g/mol. The molecule has 0 saturated carbocycles. The van der Waals surface area contributed by atoms with Gasteiger partial charge in [-0.1, -0.05) is 6.92 Å². The minimum Gasteiger partial charge on any atom is -0.397 e. The van der Waals surface area contributed by atoms with Crippen molar-refractivity contribution < 1.29 is 8.85 Å². The first-order valence-corrected chi connectivity index (χ1v) is 14.6. The van der Waals surface area contributed by atoms with Crippen LogP contribution in [0.1, 0.15) is 13.3 Å². The van der Waals surface area contributed by atoms with Crippen molar-refractivity contribution in [1.29, 1.82) is 0 Å². The molecular formula is C10H29NO2Si3. The summed E-state index contributed by atoms with van der Waals surface area (Å²) in [7, 11) is -3.55. The van der Waals surface area contributed by atoms with Crippen molar-refractivity contribution in [2.45, 2.75) is 64.2 Å². The fraction of sp³-hybridized carbons (Fsp3) is 1.00. The number of hydrogen-bond acceptors (Lipinski definition) is 3. The largest absolute Gasteiger partial charge is 0.397 e. The second-order valence-corrected chi connectivity index (χ2v) is 17.4. The summed E-state index contributed by atoms with van der Waals surface area (Å²) >= 11 is 0. The van der Waals surface area contributed by atoms with E-state index in [0.29, 0.717) is 5.67 Å². The van der Waals surface area contributed by atoms with Crippen LogP contribution in [0.5, 0.6) is 0 Å². The lowest BCUT2D eigenvalue weighted by Gasteiger charge is -2.32. The van der Waals surface area contributed by atoms with Crippen LogP contribution in [0.2, 0.25) is 39.3 Å². The molecule has 6 heteroatoms. The van der Waals surface area contributed by atoms with Gasteiger partial charge in [0, 0.05) is 0 Å². The van der Waals surface area contributed by atoms with Crippen molar-refractivity contribution in [3.63, 3.8) is 0 Å². The normalized spacial score (nSPS) is 16.3. The van der Waals surface area contributed by atoms with Gasteiger partial charge in [-0.15, -0.1) is 0 Å². The summed E-state index contributed by atoms with van der Waals surface area (Å²) in [6.45, 7) is 15.4. The lowest BCUT2D eigenvalue weighted by Crippen LogP contribution is -2.47. The van der Waals surface area contributed by atoms with E-state index in [9.17, 15) is 0 Å². The van der Waals surface area contributed by atoms with Gasteiger partial charge in [0.2, 0.25) is 0 Å². The second-order valence-electron chi connectivity index (χ2n) is 6.29. The average molecular weight is 280 g/mol. The summed E-state index contributed by atoms with van der Waals surface area (Å²) in [6, 6.07) is 0. The van der Waals surface area contributed by atoms with Gasteiger partial charge < -0.3 is 14.6 Å². The maximum Gasteiger partial charge on any atom is 0.186 e. The van der Waals surface area contributed by atoms with Gasteiger partial charge in [-0.2, -0.15) is 0 Å². The van der Waals surface area contributed by atoms with Crippen molar-refractivity contribution in [3.8, 4) is 0 Å². The van der Waals surface area contributed by atoms with Crippen LogP contribution in [0.4, 0.5) is 0 Å². The molecule has 0 aliphatic rings. The first-order chi connectivity index (χ1) is 7.03. The van der Waals surface area contributed by atoms with Gasteiger partial charge in [-0.25, -0.2) is 0 Å². The van der Waals surface area contributed by atoms with E-state index in [1.165, 1.54) is 0 Å². The topological polar surface area (TPSA) is 44.5 Å². The van der Waals surface area contributed by atoms with E-state index in [-0.39, 0.29) is 5.91 Å². The van der Waals surface area contributed by atoms with Crippen LogP contribution in [-0.2, 0) is 8.85 Å². The van der Waals surface area contributed by atoms with Gasteiger partial charge in [0.15, 0.2) is 16.6 Å². The van der Waals surface area contributed by atoms with Crippen molar-refractivity contribution in [1.82, 2.24) is 0 Å². The van der Waals surface area contributed by atoms with E-state index in [1.807, 2.05) is 0 Å². The number of nitrogens with two attached hydrogens (primary N) is 1. The molecular weight excluding hydrogens is 250 g/mol. The predicted octanol–water partition coefficient (Wildman–Crippen LogP) is 1.84. The van der Waals surface area contributed by atoms with Gasteiger partial charge in [0.1, 0.15) is 15.4 Å². The Labute approximate surface area is 105 Å². The Morgan fingerprint density at radius 3 is 1.62 bits per heavy atom. The molecule has 0 radical (unpaired) electrons. The molecule has 2 N–H and O–H groups in total. The average Bonchev–Trinajstić information content (AvgIpc) is 1.97. The third-order valence-corrected chi connectivity index (χ3v) is 6.50. The zero-order valence-electron chi connectivity index (χ0n) is 12.0. The summed E-state index contributed by atoms with van der Waals surface area (Å²) in [5, 5.41) is 0. The van der Waals surface area contributed by atoms with Crippen LogP contribution in [0.3, 0.4) is 0 Å². The Bertz CT molecular complexity index is 185. The van der Waals surface area contributed by atoms with E-state index >= 15 is 0 Å². The Morgan fingerprint density at radius 1 is 1.00 bits per heavy atom. The highest BCUT2D eigenvalue weighted by Gasteiger charge is 2.28. The van der Waals surface area contributed by atoms with Gasteiger partial charge in [0.05, 0.1) is 0 Å². The highest BCUT2D eigenvalue weighted by atomic mass is 28.4. The fourth-order valence-corrected chi connectivity index (χ4v) is 7.69. The molecule has 0 aromatic heterocycles. The first-order valence-electron chi connectivity index (χ1n) is 6.14. The molecule has 98 valence electrons. The van der Waals surface area contributed by atoms with Gasteiger partial charge in [-0.05, 0) is 51.4 Å². The van der Waals surface area contributed by atoms with Crippen molar-refractivity contribution in [2.24, 2.45) is 5.73 Å². The Kier molecular flexibility index (Phi) is 6.67. The lowest BCUT2D eigenvalue weighted by molar-refractivity contribution is 0.0596. The SMILES string of the molecule is CCC(N)[SiH2]C(O[Si](C)(C)C)O[Si](C)(C)C. The zero-order valence-corrected chi connectivity index (χ0v) is 15.4. The molecule has 0 aromatic carbocycles. The molecule has 3 nitrogen and oxygen atoms in total. The van der Waals surface area contributed by atoms with Crippen LogP contribution in [0.25, 0.3) is 0 Å². The molecule has 0 bridgehead atoms. The summed E-state index contributed by atoms with van der Waals surface area (Å²) < 4.78 is 12.2. The first kappa shape index (κ1) is 16.5. The van der Waals surface area contributed by atoms with Crippen LogP contribution in [0, 0.1) is 0 Å². The number of hydrogen-bond donors (Lipinski definition) is 1. The lowest BCUT2D eigenvalue weighted by atomic mass is 10.5. The molecule has 0 aliphatic carbocycles. The van der Waals surface area contributed by atoms with Crippen LogP contribution < -0.4 is 5.73 Å². The molecule has 0 rings (SSSR count). The van der Waals surface area contributed by atoms with Gasteiger partial charge >= 0.3 is 0 Å². The van der Waals surface area contributed by atoms with Crippen LogP contribution in [0.15, 0.2) is 0 Å². The fourth-order valence-electron chi connectivity index (χ4n) is 1.32. The summed E-state index contributed by atoms with van der Waals surface area (Å²) in [4.78, 5) is 0. The van der Waals surface area contributed by atoms with Gasteiger partial charge in [-0.3, -0.25) is 0 Å². The molecule has 1 unspecified atom stereocenters. The smallest absolute Gasteiger partial charge is 0.186 e. The molecule has 0 fully saturated rings. The molecule has 1 atom stereocenters. The van der Waals surface area contributed by atoms with Crippen molar-refractivity contribution in [3.05, 3.63) is 0 Å². The predicted molar refractivity (Wildman–Crippen MR) is 79.5 cm³/mol. The maximum absolute atomic E-state index is 6.12. The molecule has 0 aliphatic heterocycles. The Morgan fingerprint density at radius 2 is 1.38 bits per heavy atom. The molecule has 0 spiro atoms. The van der Waals surface area contributed by atoms with Crippen molar-refractivity contribution >= 4 is 26.2 Å². The standard InChI is InChI=1S/C10H29NO2Si3/c1-8-9(11)14-10(12-15(2,3)4)13-16(5,6)7/h9-10H,8,11,14H2,1-7H3. The minimum absolute atomic E-state index is 0.0354. The maximum atomic E-state index is 6.12. The summed E-state index contributed by atoms with van der Waals surface area (Å²) in [5.41, 5.74) is 6.36. The van der Waals surface area contributed by atoms with Crippen LogP contribution in [-0.4, -0.2) is 37.7 Å². The minimum atomic E-state index is -1.52. The van der Waals surface area contributed by atoms with Gasteiger partial charge in [0.25, 0.3) is 0 Å².